The van der Waals surface area contributed by atoms with E-state index >= 15 is 0 Å². The normalized spacial score (nSPS) is 25.6. The van der Waals surface area contributed by atoms with Crippen LogP contribution < -0.4 is 10.7 Å². The first kappa shape index (κ1) is 33.8. The van der Waals surface area contributed by atoms with Crippen molar-refractivity contribution in [3.05, 3.63) is 47.7 Å². The van der Waals surface area contributed by atoms with E-state index in [1.807, 2.05) is 70.2 Å². The predicted molar refractivity (Wildman–Crippen MR) is 170 cm³/mol. The summed E-state index contributed by atoms with van der Waals surface area (Å²) in [5.41, 5.74) is 4.22. The third-order valence-electron chi connectivity index (χ3n) is 8.63. The van der Waals surface area contributed by atoms with E-state index in [0.717, 1.165) is 16.5 Å². The Morgan fingerprint density at radius 3 is 2.53 bits per heavy atom. The van der Waals surface area contributed by atoms with Crippen LogP contribution in [0.5, 0.6) is 0 Å². The van der Waals surface area contributed by atoms with Gasteiger partial charge in [-0.2, -0.15) is 0 Å². The third kappa shape index (κ3) is 8.13. The van der Waals surface area contributed by atoms with Gasteiger partial charge in [0.2, 0.25) is 11.8 Å². The van der Waals surface area contributed by atoms with Crippen molar-refractivity contribution in [2.24, 2.45) is 17.3 Å². The van der Waals surface area contributed by atoms with Crippen LogP contribution in [-0.2, 0) is 28.7 Å². The number of benzene rings is 1. The number of rotatable bonds is 3. The second-order valence-electron chi connectivity index (χ2n) is 13.2. The van der Waals surface area contributed by atoms with Gasteiger partial charge in [-0.25, -0.2) is 10.4 Å². The molecule has 0 aliphatic carbocycles. The number of hydrogen-bond acceptors (Lipinski definition) is 8. The fraction of sp³-hybridized carbons (Fsp3) is 0.529. The minimum Gasteiger partial charge on any atom is -0.455 e. The van der Waals surface area contributed by atoms with Gasteiger partial charge in [-0.15, -0.1) is 0 Å². The number of hydrazine groups is 1. The average Bonchev–Trinajstić information content (AvgIpc) is 3.00. The Morgan fingerprint density at radius 2 is 1.84 bits per heavy atom. The van der Waals surface area contributed by atoms with Crippen LogP contribution in [0.25, 0.3) is 17.0 Å². The molecule has 0 radical (unpaired) electrons. The van der Waals surface area contributed by atoms with E-state index in [1.54, 1.807) is 21.0 Å². The number of allylic oxidation sites excluding steroid dienone is 1. The van der Waals surface area contributed by atoms with E-state index in [-0.39, 0.29) is 37.0 Å². The SMILES string of the molecule is CC(C)[C@@H]1CC(=O)C(C)(C)/C=C/c2ccc3ccc(nc3c2)[C@@H](C)OC(=O)[C@@H]2CCCN(N2)C(=O)[C@H](CC(=O)N(C)C)NC1=O. The first-order chi connectivity index (χ1) is 21.2. The molecule has 1 aromatic carbocycles. The standard InChI is InChI=1S/C34H45N5O6/c1-20(2)24-18-29(40)34(4,5)15-14-22-10-11-23-12-13-25(35-27(23)17-22)21(3)45-33(44)26-9-8-16-39(37-26)32(43)28(36-31(24)42)19-30(41)38(6)7/h10-15,17,20-21,24,26,28,37H,8-9,16,18-19H2,1-7H3,(H,36,42)/b15-14+/t21-,24+,26+,28+/m1/s1. The summed E-state index contributed by atoms with van der Waals surface area (Å²) >= 11 is 0. The van der Waals surface area contributed by atoms with Crippen LogP contribution in [0.2, 0.25) is 0 Å². The van der Waals surface area contributed by atoms with Crippen LogP contribution in [-0.4, -0.2) is 77.1 Å². The number of cyclic esters (lactones) is 1. The van der Waals surface area contributed by atoms with Gasteiger partial charge in [-0.05, 0) is 57.2 Å². The molecule has 4 rings (SSSR count). The zero-order valence-electron chi connectivity index (χ0n) is 27.3. The Hall–Kier alpha value is -4.12. The lowest BCUT2D eigenvalue weighted by molar-refractivity contribution is -0.157. The van der Waals surface area contributed by atoms with E-state index in [2.05, 4.69) is 10.7 Å². The molecule has 2 aromatic rings. The number of ketones is 1. The van der Waals surface area contributed by atoms with Gasteiger partial charge in [0, 0.05) is 43.8 Å². The van der Waals surface area contributed by atoms with Crippen LogP contribution in [0.1, 0.15) is 77.7 Å². The quantitative estimate of drug-likeness (QED) is 0.498. The number of amides is 3. The molecule has 2 aliphatic heterocycles. The number of fused-ring (bicyclic) bond motifs is 4. The minimum atomic E-state index is -1.20. The summed E-state index contributed by atoms with van der Waals surface area (Å²) in [6, 6.07) is 7.53. The second-order valence-corrected chi connectivity index (χ2v) is 13.2. The van der Waals surface area contributed by atoms with Crippen molar-refractivity contribution in [2.75, 3.05) is 20.6 Å². The number of aromatic nitrogens is 1. The molecule has 5 bridgehead atoms. The number of ether oxygens (including phenoxy) is 1. The Labute approximate surface area is 264 Å². The summed E-state index contributed by atoms with van der Waals surface area (Å²) in [7, 11) is 3.14. The summed E-state index contributed by atoms with van der Waals surface area (Å²) in [6.45, 7) is 9.35. The molecular weight excluding hydrogens is 574 g/mol. The van der Waals surface area contributed by atoms with Gasteiger partial charge in [0.05, 0.1) is 17.6 Å². The Morgan fingerprint density at radius 1 is 1.13 bits per heavy atom. The lowest BCUT2D eigenvalue weighted by Gasteiger charge is -2.36. The smallest absolute Gasteiger partial charge is 0.325 e. The van der Waals surface area contributed by atoms with Gasteiger partial charge < -0.3 is 15.0 Å². The van der Waals surface area contributed by atoms with Crippen molar-refractivity contribution >= 4 is 46.5 Å². The fourth-order valence-corrected chi connectivity index (χ4v) is 5.43. The lowest BCUT2D eigenvalue weighted by Crippen LogP contribution is -2.61. The molecule has 1 aromatic heterocycles. The molecule has 45 heavy (non-hydrogen) atoms. The van der Waals surface area contributed by atoms with Crippen LogP contribution in [0.15, 0.2) is 36.4 Å². The second kappa shape index (κ2) is 13.9. The highest BCUT2D eigenvalue weighted by atomic mass is 16.5. The van der Waals surface area contributed by atoms with Gasteiger partial charge >= 0.3 is 5.97 Å². The molecule has 2 aliphatic rings. The average molecular weight is 620 g/mol. The van der Waals surface area contributed by atoms with Crippen LogP contribution in [0.3, 0.4) is 0 Å². The summed E-state index contributed by atoms with van der Waals surface area (Å²) in [5, 5.41) is 4.98. The summed E-state index contributed by atoms with van der Waals surface area (Å²) in [6.07, 6.45) is 3.67. The number of carbonyl (C=O) groups is 5. The van der Waals surface area contributed by atoms with E-state index in [4.69, 9.17) is 9.72 Å². The maximum absolute atomic E-state index is 13.8. The van der Waals surface area contributed by atoms with Crippen LogP contribution >= 0.6 is 0 Å². The summed E-state index contributed by atoms with van der Waals surface area (Å²) in [5.74, 6) is -2.98. The topological polar surface area (TPSA) is 138 Å². The number of nitrogens with one attached hydrogen (secondary N) is 2. The maximum Gasteiger partial charge on any atom is 0.325 e. The van der Waals surface area contributed by atoms with Crippen molar-refractivity contribution in [2.45, 2.75) is 78.5 Å². The minimum absolute atomic E-state index is 0.0419. The zero-order chi connectivity index (χ0) is 33.1. The highest BCUT2D eigenvalue weighted by Gasteiger charge is 2.38. The molecule has 3 heterocycles. The molecule has 242 valence electrons. The summed E-state index contributed by atoms with van der Waals surface area (Å²) in [4.78, 5) is 73.2. The van der Waals surface area contributed by atoms with Crippen molar-refractivity contribution in [3.63, 3.8) is 0 Å². The molecule has 11 nitrogen and oxygen atoms in total. The number of pyridine rings is 1. The molecule has 11 heteroatoms. The van der Waals surface area contributed by atoms with Crippen molar-refractivity contribution in [3.8, 4) is 0 Å². The Bertz CT molecular complexity index is 1500. The summed E-state index contributed by atoms with van der Waals surface area (Å²) < 4.78 is 5.79. The van der Waals surface area contributed by atoms with E-state index in [1.165, 1.54) is 9.91 Å². The van der Waals surface area contributed by atoms with E-state index in [0.29, 0.717) is 18.5 Å². The molecule has 1 fully saturated rings. The maximum atomic E-state index is 13.8. The Balaban J connectivity index is 1.74. The highest BCUT2D eigenvalue weighted by molar-refractivity contribution is 5.95. The van der Waals surface area contributed by atoms with E-state index < -0.39 is 47.3 Å². The monoisotopic (exact) mass is 619 g/mol. The van der Waals surface area contributed by atoms with Crippen molar-refractivity contribution in [1.29, 1.82) is 0 Å². The van der Waals surface area contributed by atoms with Gasteiger partial charge in [0.1, 0.15) is 24.0 Å². The molecule has 4 atom stereocenters. The number of nitrogens with zero attached hydrogens (tertiary/aromatic N) is 3. The van der Waals surface area contributed by atoms with Gasteiger partial charge in [-0.3, -0.25) is 29.0 Å². The van der Waals surface area contributed by atoms with Crippen LogP contribution in [0.4, 0.5) is 0 Å². The molecule has 0 saturated carbocycles. The molecule has 1 saturated heterocycles. The molecule has 2 N–H and O–H groups in total. The predicted octanol–water partition coefficient (Wildman–Crippen LogP) is 3.58. The van der Waals surface area contributed by atoms with Crippen molar-refractivity contribution in [1.82, 2.24) is 25.6 Å². The first-order valence-corrected chi connectivity index (χ1v) is 15.6. The van der Waals surface area contributed by atoms with Crippen molar-refractivity contribution < 1.29 is 28.7 Å². The molecule has 0 spiro atoms. The van der Waals surface area contributed by atoms with Gasteiger partial charge in [0.15, 0.2) is 0 Å². The lowest BCUT2D eigenvalue weighted by atomic mass is 9.79. The van der Waals surface area contributed by atoms with Crippen LogP contribution in [0, 0.1) is 17.3 Å². The molecular formula is C34H45N5O6. The molecule has 0 unspecified atom stereocenters. The van der Waals surface area contributed by atoms with E-state index in [9.17, 15) is 24.0 Å². The highest BCUT2D eigenvalue weighted by Crippen LogP contribution is 2.28. The number of carbonyl (C=O) groups excluding carboxylic acids is 5. The fourth-order valence-electron chi connectivity index (χ4n) is 5.43. The number of hydrogen-bond donors (Lipinski definition) is 2. The Kier molecular flexibility index (Phi) is 10.4. The number of Topliss-reactive ketones (excluding diaryl/α,β-unsaturated/α-hetero) is 1. The zero-order valence-corrected chi connectivity index (χ0v) is 27.3. The third-order valence-corrected chi connectivity index (χ3v) is 8.63. The first-order valence-electron chi connectivity index (χ1n) is 15.6. The van der Waals surface area contributed by atoms with Gasteiger partial charge in [0.25, 0.3) is 5.91 Å². The van der Waals surface area contributed by atoms with Gasteiger partial charge in [-0.1, -0.05) is 44.2 Å². The number of esters is 1. The molecule has 3 amide bonds. The largest absolute Gasteiger partial charge is 0.455 e.